The van der Waals surface area contributed by atoms with Gasteiger partial charge in [-0.1, -0.05) is 160 Å². The minimum Gasteiger partial charge on any atom is -0.0721 e. The van der Waals surface area contributed by atoms with Crippen LogP contribution in [0.4, 0.5) is 0 Å². The molecule has 0 heterocycles. The number of hydrogen-bond acceptors (Lipinski definition) is 0. The second-order valence-corrected chi connectivity index (χ2v) is 27.3. The van der Waals surface area contributed by atoms with Gasteiger partial charge in [0, 0.05) is 0 Å². The van der Waals surface area contributed by atoms with E-state index in [1.165, 1.54) is 12.1 Å². The summed E-state index contributed by atoms with van der Waals surface area (Å²) in [7, 11) is -2.72. The third-order valence-corrected chi connectivity index (χ3v) is 26.5. The highest BCUT2D eigenvalue weighted by molar-refractivity contribution is 9.25. The second kappa shape index (κ2) is 9.26. The van der Waals surface area contributed by atoms with Crippen LogP contribution in [-0.2, 0) is 0 Å². The zero-order chi connectivity index (χ0) is 21.5. The molecular formula is C23H48Br2Si2. The fraction of sp³-hybridized carbons (Fsp3) is 1.00. The Kier molecular flexibility index (Phi) is 9.07. The smallest absolute Gasteiger partial charge is 0.0721 e. The van der Waals surface area contributed by atoms with Crippen LogP contribution >= 0.6 is 31.9 Å². The quantitative estimate of drug-likeness (QED) is 0.191. The number of alkyl halides is 2. The molecule has 0 amide bonds. The highest BCUT2D eigenvalue weighted by Crippen LogP contribution is 2.70. The highest BCUT2D eigenvalue weighted by atomic mass is 79.9. The molecule has 0 bridgehead atoms. The zero-order valence-corrected chi connectivity index (χ0v) is 25.5. The Bertz CT molecular complexity index is 395. The SMILES string of the molecule is CC(C)[Si](CC1C(C[Si](C(C)C)(C(C)C)C(C)C)C1(Br)Br)(C(C)C)C(C)C. The van der Waals surface area contributed by atoms with Gasteiger partial charge in [-0.2, -0.15) is 0 Å². The third-order valence-electron chi connectivity index (χ3n) is 8.96. The molecule has 2 atom stereocenters. The normalized spacial score (nSPS) is 23.6. The predicted octanol–water partition coefficient (Wildman–Crippen LogP) is 10.1. The van der Waals surface area contributed by atoms with Crippen LogP contribution in [0.3, 0.4) is 0 Å². The van der Waals surface area contributed by atoms with E-state index in [-0.39, 0.29) is 3.23 Å². The molecule has 0 aliphatic heterocycles. The molecule has 1 aliphatic carbocycles. The van der Waals surface area contributed by atoms with Gasteiger partial charge in [-0.15, -0.1) is 0 Å². The maximum absolute atomic E-state index is 4.18. The van der Waals surface area contributed by atoms with Crippen LogP contribution in [0.1, 0.15) is 83.1 Å². The van der Waals surface area contributed by atoms with E-state index in [9.17, 15) is 0 Å². The Balaban J connectivity index is 3.20. The fourth-order valence-corrected chi connectivity index (χ4v) is 23.6. The maximum Gasteiger partial charge on any atom is 0.0862 e. The van der Waals surface area contributed by atoms with Crippen molar-refractivity contribution in [2.24, 2.45) is 11.8 Å². The fourth-order valence-electron chi connectivity index (χ4n) is 7.19. The van der Waals surface area contributed by atoms with Crippen molar-refractivity contribution >= 4 is 48.0 Å². The van der Waals surface area contributed by atoms with Gasteiger partial charge >= 0.3 is 0 Å². The summed E-state index contributed by atoms with van der Waals surface area (Å²) in [5, 5.41) is 0. The van der Waals surface area contributed by atoms with Crippen LogP contribution in [0, 0.1) is 11.8 Å². The van der Waals surface area contributed by atoms with Gasteiger partial charge in [0.25, 0.3) is 0 Å². The van der Waals surface area contributed by atoms with Crippen molar-refractivity contribution in [3.63, 3.8) is 0 Å². The third kappa shape index (κ3) is 4.69. The van der Waals surface area contributed by atoms with Crippen molar-refractivity contribution in [1.29, 1.82) is 0 Å². The Morgan fingerprint density at radius 3 is 0.852 bits per heavy atom. The molecule has 2 unspecified atom stereocenters. The van der Waals surface area contributed by atoms with Gasteiger partial charge in [0.15, 0.2) is 0 Å². The summed E-state index contributed by atoms with van der Waals surface area (Å²) in [6, 6.07) is 2.97. The summed E-state index contributed by atoms with van der Waals surface area (Å²) in [5.74, 6) is 1.64. The topological polar surface area (TPSA) is 0 Å². The molecule has 1 fully saturated rings. The minimum atomic E-state index is -1.36. The molecule has 4 heteroatoms. The summed E-state index contributed by atoms with van der Waals surface area (Å²) >= 11 is 8.36. The van der Waals surface area contributed by atoms with Crippen molar-refractivity contribution in [2.45, 2.75) is 132 Å². The van der Waals surface area contributed by atoms with Crippen molar-refractivity contribution in [3.05, 3.63) is 0 Å². The number of rotatable bonds is 10. The Morgan fingerprint density at radius 1 is 0.519 bits per heavy atom. The zero-order valence-electron chi connectivity index (χ0n) is 20.3. The van der Waals surface area contributed by atoms with E-state index >= 15 is 0 Å². The lowest BCUT2D eigenvalue weighted by Gasteiger charge is -2.45. The molecule has 0 spiro atoms. The van der Waals surface area contributed by atoms with Gasteiger partial charge in [0.05, 0.1) is 19.4 Å². The van der Waals surface area contributed by atoms with E-state index in [1.807, 2.05) is 0 Å². The molecular weight excluding hydrogens is 492 g/mol. The monoisotopic (exact) mass is 538 g/mol. The molecule has 0 aromatic heterocycles. The molecule has 0 aromatic carbocycles. The average Bonchev–Trinajstić information content (AvgIpc) is 2.98. The van der Waals surface area contributed by atoms with E-state index in [2.05, 4.69) is 115 Å². The first kappa shape index (κ1) is 26.4. The van der Waals surface area contributed by atoms with Gasteiger partial charge in [-0.3, -0.25) is 0 Å². The Hall–Kier alpha value is 1.39. The lowest BCUT2D eigenvalue weighted by molar-refractivity contribution is 0.706. The first-order chi connectivity index (χ1) is 12.1. The molecule has 0 aromatic rings. The van der Waals surface area contributed by atoms with Crippen molar-refractivity contribution in [2.75, 3.05) is 0 Å². The summed E-state index contributed by atoms with van der Waals surface area (Å²) in [4.78, 5) is 0. The van der Waals surface area contributed by atoms with Crippen molar-refractivity contribution in [3.8, 4) is 0 Å². The van der Waals surface area contributed by atoms with E-state index in [0.717, 1.165) is 45.1 Å². The van der Waals surface area contributed by atoms with Crippen LogP contribution in [0.2, 0.25) is 45.3 Å². The summed E-state index contributed by atoms with van der Waals surface area (Å²) in [6.07, 6.45) is 0. The van der Waals surface area contributed by atoms with Gasteiger partial charge in [-0.25, -0.2) is 0 Å². The first-order valence-corrected chi connectivity index (χ1v) is 17.9. The average molecular weight is 541 g/mol. The van der Waals surface area contributed by atoms with E-state index in [0.29, 0.717) is 0 Å². The van der Waals surface area contributed by atoms with Gasteiger partial charge in [-0.05, 0) is 11.8 Å². The van der Waals surface area contributed by atoms with E-state index in [4.69, 9.17) is 0 Å². The molecule has 0 radical (unpaired) electrons. The maximum atomic E-state index is 4.18. The molecule has 0 nitrogen and oxygen atoms in total. The number of halogens is 2. The van der Waals surface area contributed by atoms with Crippen LogP contribution in [0.25, 0.3) is 0 Å². The standard InChI is InChI=1S/C23H48Br2Si2/c1-15(2)26(16(3)4,17(5)6)13-21-22(23(21,24)25)14-27(18(7)8,19(9)10)20(11)12/h15-22H,13-14H2,1-12H3. The lowest BCUT2D eigenvalue weighted by Crippen LogP contribution is -2.46. The van der Waals surface area contributed by atoms with Crippen LogP contribution in [0.15, 0.2) is 0 Å². The molecule has 27 heavy (non-hydrogen) atoms. The summed E-state index contributed by atoms with van der Waals surface area (Å²) < 4.78 is 0.202. The predicted molar refractivity (Wildman–Crippen MR) is 139 cm³/mol. The van der Waals surface area contributed by atoms with Crippen molar-refractivity contribution < 1.29 is 0 Å². The molecule has 1 aliphatic rings. The largest absolute Gasteiger partial charge is 0.0862 e. The molecule has 1 saturated carbocycles. The Morgan fingerprint density at radius 2 is 0.704 bits per heavy atom. The highest BCUT2D eigenvalue weighted by Gasteiger charge is 2.66. The van der Waals surface area contributed by atoms with Crippen LogP contribution in [0.5, 0.6) is 0 Å². The van der Waals surface area contributed by atoms with E-state index < -0.39 is 16.1 Å². The van der Waals surface area contributed by atoms with E-state index in [1.54, 1.807) is 0 Å². The van der Waals surface area contributed by atoms with Gasteiger partial charge < -0.3 is 0 Å². The van der Waals surface area contributed by atoms with Crippen LogP contribution < -0.4 is 0 Å². The molecule has 1 rings (SSSR count). The Labute approximate surface area is 190 Å². The lowest BCUT2D eigenvalue weighted by atomic mass is 10.4. The minimum absolute atomic E-state index is 0.202. The molecule has 0 N–H and O–H groups in total. The summed E-state index contributed by atoms with van der Waals surface area (Å²) in [5.41, 5.74) is 5.15. The van der Waals surface area contributed by atoms with Gasteiger partial charge in [0.2, 0.25) is 0 Å². The van der Waals surface area contributed by atoms with Crippen molar-refractivity contribution in [1.82, 2.24) is 0 Å². The molecule has 0 saturated heterocycles. The van der Waals surface area contributed by atoms with Crippen LogP contribution in [-0.4, -0.2) is 19.4 Å². The summed E-state index contributed by atoms with van der Waals surface area (Å²) in [6.45, 7) is 30.2. The number of hydrogen-bond donors (Lipinski definition) is 0. The first-order valence-electron chi connectivity index (χ1n) is 11.5. The van der Waals surface area contributed by atoms with Gasteiger partial charge in [0.1, 0.15) is 0 Å². The molecule has 162 valence electrons. The second-order valence-electron chi connectivity index (χ2n) is 11.4.